The van der Waals surface area contributed by atoms with Gasteiger partial charge in [-0.1, -0.05) is 53.9 Å². The Morgan fingerprint density at radius 2 is 1.70 bits per heavy atom. The maximum atomic E-state index is 11.5. The van der Waals surface area contributed by atoms with Gasteiger partial charge in [0.1, 0.15) is 0 Å². The predicted octanol–water partition coefficient (Wildman–Crippen LogP) is 3.15. The third kappa shape index (κ3) is 13.6. The second-order valence-electron chi connectivity index (χ2n) is 6.92. The van der Waals surface area contributed by atoms with Gasteiger partial charge in [0.2, 0.25) is 5.91 Å². The molecule has 0 aliphatic rings. The van der Waals surface area contributed by atoms with E-state index in [1.165, 1.54) is 25.7 Å². The number of guanidine groups is 1. The minimum atomic E-state index is 0. The molecule has 138 valence electrons. The molecule has 0 aromatic heterocycles. The minimum Gasteiger partial charge on any atom is -0.356 e. The SMILES string of the molecule is CCCCCC(C)(C)CNC(=NC)NCCNC(=O)C(C)C.I. The van der Waals surface area contributed by atoms with Crippen LogP contribution in [0.4, 0.5) is 0 Å². The number of aliphatic imine (C=N–C) groups is 1. The molecule has 0 radical (unpaired) electrons. The molecule has 23 heavy (non-hydrogen) atoms. The molecule has 0 spiro atoms. The summed E-state index contributed by atoms with van der Waals surface area (Å²) in [6.45, 7) is 12.8. The van der Waals surface area contributed by atoms with E-state index >= 15 is 0 Å². The zero-order valence-corrected chi connectivity index (χ0v) is 18.1. The molecule has 0 unspecified atom stereocenters. The summed E-state index contributed by atoms with van der Waals surface area (Å²) in [5, 5.41) is 9.49. The highest BCUT2D eigenvalue weighted by molar-refractivity contribution is 14.0. The number of carbonyl (C=O) groups excluding carboxylic acids is 1. The highest BCUT2D eigenvalue weighted by atomic mass is 127. The van der Waals surface area contributed by atoms with Crippen LogP contribution in [0.5, 0.6) is 0 Å². The van der Waals surface area contributed by atoms with Gasteiger partial charge in [-0.25, -0.2) is 0 Å². The molecule has 0 bridgehead atoms. The molecule has 0 aliphatic carbocycles. The van der Waals surface area contributed by atoms with Crippen molar-refractivity contribution in [2.45, 2.75) is 60.3 Å². The van der Waals surface area contributed by atoms with Gasteiger partial charge in [-0.2, -0.15) is 0 Å². The smallest absolute Gasteiger partial charge is 0.222 e. The molecule has 0 atom stereocenters. The van der Waals surface area contributed by atoms with Crippen molar-refractivity contribution >= 4 is 35.8 Å². The number of carbonyl (C=O) groups is 1. The highest BCUT2D eigenvalue weighted by Crippen LogP contribution is 2.22. The lowest BCUT2D eigenvalue weighted by atomic mass is 9.87. The first kappa shape index (κ1) is 24.7. The van der Waals surface area contributed by atoms with E-state index < -0.39 is 0 Å². The number of nitrogens with zero attached hydrogens (tertiary/aromatic N) is 1. The van der Waals surface area contributed by atoms with E-state index in [-0.39, 0.29) is 41.2 Å². The second-order valence-corrected chi connectivity index (χ2v) is 6.92. The van der Waals surface area contributed by atoms with Crippen molar-refractivity contribution in [1.29, 1.82) is 0 Å². The van der Waals surface area contributed by atoms with Gasteiger partial charge >= 0.3 is 0 Å². The molecule has 0 heterocycles. The summed E-state index contributed by atoms with van der Waals surface area (Å²) in [6, 6.07) is 0. The molecule has 0 rings (SSSR count). The van der Waals surface area contributed by atoms with Crippen LogP contribution in [-0.2, 0) is 4.79 Å². The van der Waals surface area contributed by atoms with E-state index in [0.29, 0.717) is 13.1 Å². The topological polar surface area (TPSA) is 65.5 Å². The fourth-order valence-electron chi connectivity index (χ4n) is 2.06. The number of unbranched alkanes of at least 4 members (excludes halogenated alkanes) is 2. The first-order valence-electron chi connectivity index (χ1n) is 8.54. The molecule has 5 nitrogen and oxygen atoms in total. The van der Waals surface area contributed by atoms with Crippen LogP contribution in [-0.4, -0.2) is 38.5 Å². The average Bonchev–Trinajstić information content (AvgIpc) is 2.46. The van der Waals surface area contributed by atoms with E-state index in [9.17, 15) is 4.79 Å². The number of hydrogen-bond acceptors (Lipinski definition) is 2. The molecule has 1 amide bonds. The molecular formula is C17H37IN4O. The Balaban J connectivity index is 0. The van der Waals surface area contributed by atoms with E-state index in [0.717, 1.165) is 12.5 Å². The predicted molar refractivity (Wildman–Crippen MR) is 111 cm³/mol. The Kier molecular flexibility index (Phi) is 14.9. The summed E-state index contributed by atoms with van der Waals surface area (Å²) in [4.78, 5) is 15.7. The van der Waals surface area contributed by atoms with Crippen LogP contribution in [0, 0.1) is 11.3 Å². The normalized spacial score (nSPS) is 11.9. The summed E-state index contributed by atoms with van der Waals surface area (Å²) in [6.07, 6.45) is 5.05. The van der Waals surface area contributed by atoms with E-state index in [1.807, 2.05) is 13.8 Å². The van der Waals surface area contributed by atoms with Crippen molar-refractivity contribution in [2.24, 2.45) is 16.3 Å². The van der Waals surface area contributed by atoms with Gasteiger partial charge in [-0.05, 0) is 11.8 Å². The Hall–Kier alpha value is -0.530. The lowest BCUT2D eigenvalue weighted by Gasteiger charge is -2.26. The van der Waals surface area contributed by atoms with Crippen LogP contribution >= 0.6 is 24.0 Å². The standard InChI is InChI=1S/C17H36N4O.HI/c1-7-8-9-10-17(4,5)13-21-16(18-6)20-12-11-19-15(22)14(2)3;/h14H,7-13H2,1-6H3,(H,19,22)(H2,18,20,21);1H. The maximum absolute atomic E-state index is 11.5. The van der Waals surface area contributed by atoms with Crippen molar-refractivity contribution in [3.63, 3.8) is 0 Å². The monoisotopic (exact) mass is 440 g/mol. The summed E-state index contributed by atoms with van der Waals surface area (Å²) in [7, 11) is 1.77. The maximum Gasteiger partial charge on any atom is 0.222 e. The third-order valence-electron chi connectivity index (χ3n) is 3.66. The Morgan fingerprint density at radius 1 is 1.09 bits per heavy atom. The van der Waals surface area contributed by atoms with Gasteiger partial charge in [0, 0.05) is 32.6 Å². The number of hydrogen-bond donors (Lipinski definition) is 3. The number of nitrogens with one attached hydrogen (secondary N) is 3. The number of halogens is 1. The van der Waals surface area contributed by atoms with Crippen molar-refractivity contribution in [1.82, 2.24) is 16.0 Å². The molecular weight excluding hydrogens is 403 g/mol. The van der Waals surface area contributed by atoms with Crippen LogP contribution in [0.25, 0.3) is 0 Å². The molecule has 0 aromatic rings. The van der Waals surface area contributed by atoms with Crippen LogP contribution < -0.4 is 16.0 Å². The van der Waals surface area contributed by atoms with Crippen LogP contribution in [0.1, 0.15) is 60.3 Å². The molecule has 6 heteroatoms. The lowest BCUT2D eigenvalue weighted by Crippen LogP contribution is -2.44. The molecule has 0 aliphatic heterocycles. The van der Waals surface area contributed by atoms with Crippen molar-refractivity contribution < 1.29 is 4.79 Å². The molecule has 3 N–H and O–H groups in total. The minimum absolute atomic E-state index is 0. The fourth-order valence-corrected chi connectivity index (χ4v) is 2.06. The van der Waals surface area contributed by atoms with Crippen LogP contribution in [0.15, 0.2) is 4.99 Å². The molecule has 0 aromatic carbocycles. The summed E-state index contributed by atoms with van der Waals surface area (Å²) < 4.78 is 0. The van der Waals surface area contributed by atoms with Gasteiger partial charge in [-0.15, -0.1) is 24.0 Å². The van der Waals surface area contributed by atoms with Crippen molar-refractivity contribution in [3.05, 3.63) is 0 Å². The molecule has 0 saturated carbocycles. The summed E-state index contributed by atoms with van der Waals surface area (Å²) in [5.41, 5.74) is 0.263. The third-order valence-corrected chi connectivity index (χ3v) is 3.66. The Morgan fingerprint density at radius 3 is 2.22 bits per heavy atom. The Labute approximate surface area is 159 Å². The Bertz CT molecular complexity index is 343. The van der Waals surface area contributed by atoms with Gasteiger partial charge in [0.05, 0.1) is 0 Å². The van der Waals surface area contributed by atoms with Crippen LogP contribution in [0.3, 0.4) is 0 Å². The van der Waals surface area contributed by atoms with Crippen LogP contribution in [0.2, 0.25) is 0 Å². The van der Waals surface area contributed by atoms with Gasteiger partial charge in [0.25, 0.3) is 0 Å². The van der Waals surface area contributed by atoms with Gasteiger partial charge < -0.3 is 16.0 Å². The first-order chi connectivity index (χ1) is 10.3. The van der Waals surface area contributed by atoms with Crippen molar-refractivity contribution in [2.75, 3.05) is 26.7 Å². The summed E-state index contributed by atoms with van der Waals surface area (Å²) >= 11 is 0. The number of amides is 1. The zero-order chi connectivity index (χ0) is 17.0. The zero-order valence-electron chi connectivity index (χ0n) is 15.8. The highest BCUT2D eigenvalue weighted by Gasteiger charge is 2.17. The average molecular weight is 440 g/mol. The number of rotatable bonds is 10. The fraction of sp³-hybridized carbons (Fsp3) is 0.882. The molecule has 0 fully saturated rings. The van der Waals surface area contributed by atoms with E-state index in [1.54, 1.807) is 7.05 Å². The lowest BCUT2D eigenvalue weighted by molar-refractivity contribution is -0.123. The molecule has 0 saturated heterocycles. The van der Waals surface area contributed by atoms with E-state index in [2.05, 4.69) is 41.7 Å². The van der Waals surface area contributed by atoms with Gasteiger partial charge in [0.15, 0.2) is 5.96 Å². The van der Waals surface area contributed by atoms with E-state index in [4.69, 9.17) is 0 Å². The largest absolute Gasteiger partial charge is 0.356 e. The second kappa shape index (κ2) is 13.9. The summed E-state index contributed by atoms with van der Waals surface area (Å²) in [5.74, 6) is 0.908. The van der Waals surface area contributed by atoms with Crippen molar-refractivity contribution in [3.8, 4) is 0 Å². The quantitative estimate of drug-likeness (QED) is 0.212. The first-order valence-corrected chi connectivity index (χ1v) is 8.54. The van der Waals surface area contributed by atoms with Gasteiger partial charge in [-0.3, -0.25) is 9.79 Å².